The summed E-state index contributed by atoms with van der Waals surface area (Å²) in [6.45, 7) is 2.52. The van der Waals surface area contributed by atoms with Crippen LogP contribution in [0, 0.1) is 23.5 Å². The van der Waals surface area contributed by atoms with Crippen LogP contribution in [-0.2, 0) is 19.3 Å². The highest BCUT2D eigenvalue weighted by atomic mass is 35.5. The maximum atomic E-state index is 14.2. The van der Waals surface area contributed by atoms with Gasteiger partial charge in [0.05, 0.1) is 30.6 Å². The molecule has 0 bridgehead atoms. The van der Waals surface area contributed by atoms with E-state index in [-0.39, 0.29) is 11.5 Å². The summed E-state index contributed by atoms with van der Waals surface area (Å²) in [6, 6.07) is 1.91. The second kappa shape index (κ2) is 9.54. The third-order valence-electron chi connectivity index (χ3n) is 5.80. The van der Waals surface area contributed by atoms with Crippen LogP contribution in [0.2, 0.25) is 5.02 Å². The van der Waals surface area contributed by atoms with Gasteiger partial charge in [0.15, 0.2) is 16.1 Å². The molecule has 174 valence electrons. The van der Waals surface area contributed by atoms with Crippen molar-refractivity contribution in [1.82, 2.24) is 9.97 Å². The van der Waals surface area contributed by atoms with Crippen LogP contribution in [0.1, 0.15) is 31.1 Å². The standard InChI is InChI=1S/C21H24ClF2N3O4S/c1-32(28,29)19-17(23)7-15(8-18(19)24)20-30-11-14(12-31-20)6-13-2-4-27(5-3-13)21-25-9-16(22)10-26-21/h7-10,13-14,20H,2-6,11-12H2,1H3/t14-,20-. The molecule has 0 N–H and O–H groups in total. The second-order valence-corrected chi connectivity index (χ2v) is 10.7. The molecule has 0 saturated carbocycles. The van der Waals surface area contributed by atoms with Crippen LogP contribution in [0.4, 0.5) is 14.7 Å². The fourth-order valence-electron chi connectivity index (χ4n) is 4.25. The number of piperidine rings is 1. The lowest BCUT2D eigenvalue weighted by molar-refractivity contribution is -0.207. The molecule has 0 spiro atoms. The van der Waals surface area contributed by atoms with E-state index in [9.17, 15) is 17.2 Å². The molecule has 32 heavy (non-hydrogen) atoms. The Hall–Kier alpha value is -1.88. The predicted octanol–water partition coefficient (Wildman–Crippen LogP) is 3.78. The topological polar surface area (TPSA) is 81.6 Å². The number of ether oxygens (including phenoxy) is 2. The fraction of sp³-hybridized carbons (Fsp3) is 0.524. The smallest absolute Gasteiger partial charge is 0.225 e. The van der Waals surface area contributed by atoms with Crippen LogP contribution in [0.25, 0.3) is 0 Å². The Morgan fingerprint density at radius 2 is 1.62 bits per heavy atom. The summed E-state index contributed by atoms with van der Waals surface area (Å²) in [7, 11) is -4.01. The largest absolute Gasteiger partial charge is 0.348 e. The molecule has 2 saturated heterocycles. The number of sulfone groups is 1. The average molecular weight is 488 g/mol. The van der Waals surface area contributed by atoms with Crippen molar-refractivity contribution in [3.05, 3.63) is 46.7 Å². The van der Waals surface area contributed by atoms with E-state index in [0.717, 1.165) is 50.7 Å². The average Bonchev–Trinajstić information content (AvgIpc) is 2.74. The van der Waals surface area contributed by atoms with Crippen LogP contribution in [-0.4, -0.2) is 50.9 Å². The third kappa shape index (κ3) is 5.36. The van der Waals surface area contributed by atoms with Gasteiger partial charge in [0, 0.05) is 30.8 Å². The van der Waals surface area contributed by atoms with E-state index in [0.29, 0.717) is 30.1 Å². The van der Waals surface area contributed by atoms with Gasteiger partial charge >= 0.3 is 0 Å². The Morgan fingerprint density at radius 3 is 2.16 bits per heavy atom. The quantitative estimate of drug-likeness (QED) is 0.634. The zero-order valence-electron chi connectivity index (χ0n) is 17.5. The molecule has 1 aromatic carbocycles. The van der Waals surface area contributed by atoms with E-state index in [1.54, 1.807) is 12.4 Å². The summed E-state index contributed by atoms with van der Waals surface area (Å²) in [4.78, 5) is 9.73. The van der Waals surface area contributed by atoms with Gasteiger partial charge in [-0.05, 0) is 37.3 Å². The lowest BCUT2D eigenvalue weighted by Gasteiger charge is -2.35. The minimum absolute atomic E-state index is 0.127. The van der Waals surface area contributed by atoms with Crippen molar-refractivity contribution < 1.29 is 26.7 Å². The van der Waals surface area contributed by atoms with Crippen LogP contribution in [0.3, 0.4) is 0 Å². The van der Waals surface area contributed by atoms with Crippen molar-refractivity contribution in [3.8, 4) is 0 Å². The summed E-state index contributed by atoms with van der Waals surface area (Å²) in [5.41, 5.74) is 0.127. The first-order chi connectivity index (χ1) is 15.2. The number of hydrogen-bond donors (Lipinski definition) is 0. The monoisotopic (exact) mass is 487 g/mol. The van der Waals surface area contributed by atoms with Gasteiger partial charge in [-0.15, -0.1) is 0 Å². The van der Waals surface area contributed by atoms with E-state index in [2.05, 4.69) is 14.9 Å². The van der Waals surface area contributed by atoms with E-state index in [1.165, 1.54) is 0 Å². The number of aromatic nitrogens is 2. The summed E-state index contributed by atoms with van der Waals surface area (Å²) in [6.07, 6.45) is 5.94. The number of nitrogens with zero attached hydrogens (tertiary/aromatic N) is 3. The Kier molecular flexibility index (Phi) is 6.94. The van der Waals surface area contributed by atoms with Crippen LogP contribution >= 0.6 is 11.6 Å². The zero-order valence-corrected chi connectivity index (χ0v) is 19.1. The molecule has 4 rings (SSSR count). The van der Waals surface area contributed by atoms with Crippen molar-refractivity contribution in [2.75, 3.05) is 37.5 Å². The van der Waals surface area contributed by atoms with Crippen LogP contribution in [0.5, 0.6) is 0 Å². The Morgan fingerprint density at radius 1 is 1.06 bits per heavy atom. The molecule has 7 nitrogen and oxygen atoms in total. The molecule has 1 aromatic heterocycles. The molecule has 3 heterocycles. The van der Waals surface area contributed by atoms with Crippen molar-refractivity contribution in [2.24, 2.45) is 11.8 Å². The number of benzene rings is 1. The highest BCUT2D eigenvalue weighted by Crippen LogP contribution is 2.33. The molecular weight excluding hydrogens is 464 g/mol. The van der Waals surface area contributed by atoms with Gasteiger partial charge in [-0.2, -0.15) is 0 Å². The fourth-order valence-corrected chi connectivity index (χ4v) is 5.17. The lowest BCUT2D eigenvalue weighted by atomic mass is 9.87. The summed E-state index contributed by atoms with van der Waals surface area (Å²) < 4.78 is 62.9. The molecule has 2 aliphatic rings. The van der Waals surface area contributed by atoms with Gasteiger partial charge in [-0.1, -0.05) is 11.6 Å². The van der Waals surface area contributed by atoms with Crippen molar-refractivity contribution in [3.63, 3.8) is 0 Å². The summed E-state index contributed by atoms with van der Waals surface area (Å²) in [5.74, 6) is -0.918. The highest BCUT2D eigenvalue weighted by Gasteiger charge is 2.30. The van der Waals surface area contributed by atoms with E-state index in [1.807, 2.05) is 0 Å². The molecular formula is C21H24ClF2N3O4S. The maximum absolute atomic E-state index is 14.2. The zero-order chi connectivity index (χ0) is 22.9. The molecule has 11 heteroatoms. The minimum Gasteiger partial charge on any atom is -0.348 e. The molecule has 0 atom stereocenters. The number of rotatable bonds is 5. The first-order valence-corrected chi connectivity index (χ1v) is 12.6. The number of hydrogen-bond acceptors (Lipinski definition) is 7. The van der Waals surface area contributed by atoms with Gasteiger partial charge in [-0.3, -0.25) is 0 Å². The molecule has 2 aliphatic heterocycles. The number of halogens is 3. The summed E-state index contributed by atoms with van der Waals surface area (Å²) in [5, 5.41) is 0.510. The predicted molar refractivity (Wildman–Crippen MR) is 114 cm³/mol. The van der Waals surface area contributed by atoms with Gasteiger partial charge in [0.25, 0.3) is 0 Å². The molecule has 0 radical (unpaired) electrons. The van der Waals surface area contributed by atoms with Crippen molar-refractivity contribution in [1.29, 1.82) is 0 Å². The minimum atomic E-state index is -4.01. The van der Waals surface area contributed by atoms with Crippen molar-refractivity contribution in [2.45, 2.75) is 30.4 Å². The number of anilines is 1. The second-order valence-electron chi connectivity index (χ2n) is 8.32. The molecule has 0 aliphatic carbocycles. The van der Waals surface area contributed by atoms with E-state index in [4.69, 9.17) is 21.1 Å². The highest BCUT2D eigenvalue weighted by molar-refractivity contribution is 7.90. The molecule has 0 amide bonds. The Balaban J connectivity index is 1.28. The van der Waals surface area contributed by atoms with Gasteiger partial charge in [0.1, 0.15) is 16.5 Å². The van der Waals surface area contributed by atoms with Gasteiger partial charge < -0.3 is 14.4 Å². The van der Waals surface area contributed by atoms with Crippen LogP contribution < -0.4 is 4.90 Å². The summed E-state index contributed by atoms with van der Waals surface area (Å²) >= 11 is 5.84. The molecule has 2 aromatic rings. The maximum Gasteiger partial charge on any atom is 0.225 e. The lowest BCUT2D eigenvalue weighted by Crippen LogP contribution is -2.37. The van der Waals surface area contributed by atoms with E-state index < -0.39 is 32.7 Å². The molecule has 2 fully saturated rings. The van der Waals surface area contributed by atoms with Crippen molar-refractivity contribution >= 4 is 27.4 Å². The Labute approximate surface area is 190 Å². The van der Waals surface area contributed by atoms with E-state index >= 15 is 0 Å². The SMILES string of the molecule is CS(=O)(=O)c1c(F)cc([C@H]2OC[C@H](CC3CCN(c4ncc(Cl)cn4)CC3)CO2)cc1F. The molecule has 0 unspecified atom stereocenters. The van der Waals surface area contributed by atoms with Crippen LogP contribution in [0.15, 0.2) is 29.4 Å². The first-order valence-electron chi connectivity index (χ1n) is 10.4. The normalized spacial score (nSPS) is 22.8. The first kappa shape index (κ1) is 23.3. The van der Waals surface area contributed by atoms with Gasteiger partial charge in [0.2, 0.25) is 5.95 Å². The third-order valence-corrected chi connectivity index (χ3v) is 7.13. The van der Waals surface area contributed by atoms with Gasteiger partial charge in [-0.25, -0.2) is 27.2 Å². The Bertz CT molecular complexity index is 1030.